The molecular weight excluding hydrogens is 228 g/mol. The van der Waals surface area contributed by atoms with E-state index in [1.807, 2.05) is 6.92 Å². The average Bonchev–Trinajstić information content (AvgIpc) is 2.27. The van der Waals surface area contributed by atoms with Crippen molar-refractivity contribution in [3.63, 3.8) is 0 Å². The Morgan fingerprint density at radius 3 is 1.53 bits per heavy atom. The zero-order chi connectivity index (χ0) is 14.7. The maximum absolute atomic E-state index is 5.66. The minimum absolute atomic E-state index is 1.01. The van der Waals surface area contributed by atoms with Gasteiger partial charge in [-0.2, -0.15) is 0 Å². The first kappa shape index (κ1) is 18.0. The molecule has 1 radical (unpaired) electrons. The maximum atomic E-state index is 5.66. The fourth-order valence-electron chi connectivity index (χ4n) is 1.89. The van der Waals surface area contributed by atoms with E-state index in [0.717, 1.165) is 24.8 Å². The summed E-state index contributed by atoms with van der Waals surface area (Å²) in [5.74, 6) is 0. The lowest BCUT2D eigenvalue weighted by Crippen LogP contribution is -1.81. The molecule has 0 aromatic carbocycles. The van der Waals surface area contributed by atoms with Crippen molar-refractivity contribution in [2.24, 2.45) is 0 Å². The molecule has 0 saturated heterocycles. The van der Waals surface area contributed by atoms with Crippen molar-refractivity contribution in [2.45, 2.75) is 73.1 Å². The fourth-order valence-corrected chi connectivity index (χ4v) is 1.89. The highest BCUT2D eigenvalue weighted by molar-refractivity contribution is 5.06. The Morgan fingerprint density at radius 2 is 1.11 bits per heavy atom. The van der Waals surface area contributed by atoms with Gasteiger partial charge in [0.25, 0.3) is 0 Å². The lowest BCUT2D eigenvalue weighted by atomic mass is 10.0. The third-order valence-corrected chi connectivity index (χ3v) is 3.15. The van der Waals surface area contributed by atoms with Gasteiger partial charge in [-0.1, -0.05) is 47.1 Å². The lowest BCUT2D eigenvalue weighted by Gasteiger charge is -2.02. The maximum Gasteiger partial charge on any atom is -0.0285 e. The Labute approximate surface area is 121 Å². The van der Waals surface area contributed by atoms with Crippen LogP contribution in [-0.4, -0.2) is 0 Å². The third kappa shape index (κ3) is 13.2. The second-order valence-corrected chi connectivity index (χ2v) is 5.84. The van der Waals surface area contributed by atoms with Crippen LogP contribution in [0, 0.1) is 6.58 Å². The number of hydrogen-bond donors (Lipinski definition) is 0. The molecule has 0 N–H and O–H groups in total. The molecule has 0 heteroatoms. The molecule has 0 rings (SSSR count). The van der Waals surface area contributed by atoms with E-state index in [-0.39, 0.29) is 0 Å². The van der Waals surface area contributed by atoms with Crippen LogP contribution in [0.2, 0.25) is 0 Å². The largest absolute Gasteiger partial charge is 0.0856 e. The Bertz CT molecular complexity index is 346. The molecule has 0 heterocycles. The summed E-state index contributed by atoms with van der Waals surface area (Å²) in [6, 6.07) is 0. The topological polar surface area (TPSA) is 0 Å². The molecule has 0 aliphatic carbocycles. The molecule has 0 saturated carbocycles. The lowest BCUT2D eigenvalue weighted by molar-refractivity contribution is 0.900. The van der Waals surface area contributed by atoms with Crippen molar-refractivity contribution in [1.29, 1.82) is 0 Å². The van der Waals surface area contributed by atoms with Crippen molar-refractivity contribution < 1.29 is 0 Å². The quantitative estimate of drug-likeness (QED) is 0.411. The van der Waals surface area contributed by atoms with Gasteiger partial charge in [0.1, 0.15) is 0 Å². The minimum atomic E-state index is 1.01. The van der Waals surface area contributed by atoms with E-state index >= 15 is 0 Å². The summed E-state index contributed by atoms with van der Waals surface area (Å²) in [6.07, 6.45) is 13.8. The van der Waals surface area contributed by atoms with Gasteiger partial charge in [-0.3, -0.25) is 0 Å². The first-order chi connectivity index (χ1) is 8.91. The fraction of sp³-hybridized carbons (Fsp3) is 0.579. The van der Waals surface area contributed by atoms with Crippen LogP contribution in [0.25, 0.3) is 0 Å². The summed E-state index contributed by atoms with van der Waals surface area (Å²) >= 11 is 0. The van der Waals surface area contributed by atoms with Crippen molar-refractivity contribution >= 4 is 0 Å². The second kappa shape index (κ2) is 10.8. The van der Waals surface area contributed by atoms with Crippen LogP contribution in [0.15, 0.2) is 40.5 Å². The third-order valence-electron chi connectivity index (χ3n) is 3.15. The van der Waals surface area contributed by atoms with Crippen LogP contribution in [0.5, 0.6) is 0 Å². The van der Waals surface area contributed by atoms with E-state index in [4.69, 9.17) is 6.58 Å². The highest BCUT2D eigenvalue weighted by Gasteiger charge is 1.92. The van der Waals surface area contributed by atoms with Crippen LogP contribution in [0.1, 0.15) is 73.1 Å². The monoisotopic (exact) mass is 259 g/mol. The molecule has 0 fully saturated rings. The SMILES string of the molecule is [CH]=C(C)CC/C=C(\C)CC/C=C(\C)CCC=C(C)C. The molecule has 107 valence electrons. The zero-order valence-electron chi connectivity index (χ0n) is 13.6. The molecule has 0 atom stereocenters. The summed E-state index contributed by atoms with van der Waals surface area (Å²) in [7, 11) is 0. The summed E-state index contributed by atoms with van der Waals surface area (Å²) in [5, 5.41) is 0. The van der Waals surface area contributed by atoms with Crippen LogP contribution in [0.3, 0.4) is 0 Å². The van der Waals surface area contributed by atoms with E-state index in [9.17, 15) is 0 Å². The van der Waals surface area contributed by atoms with Crippen LogP contribution >= 0.6 is 0 Å². The predicted octanol–water partition coefficient (Wildman–Crippen LogP) is 6.57. The first-order valence-corrected chi connectivity index (χ1v) is 7.44. The molecule has 0 nitrogen and oxygen atoms in total. The number of allylic oxidation sites excluding steroid dienone is 7. The molecule has 0 spiro atoms. The van der Waals surface area contributed by atoms with Crippen molar-refractivity contribution in [2.75, 3.05) is 0 Å². The normalized spacial score (nSPS) is 12.5. The van der Waals surface area contributed by atoms with Gasteiger partial charge in [0, 0.05) is 0 Å². The van der Waals surface area contributed by atoms with Gasteiger partial charge < -0.3 is 0 Å². The highest BCUT2D eigenvalue weighted by atomic mass is 14.0. The van der Waals surface area contributed by atoms with Crippen LogP contribution in [-0.2, 0) is 0 Å². The van der Waals surface area contributed by atoms with Crippen molar-refractivity contribution in [3.05, 3.63) is 47.1 Å². The van der Waals surface area contributed by atoms with Crippen molar-refractivity contribution in [3.8, 4) is 0 Å². The van der Waals surface area contributed by atoms with Gasteiger partial charge in [-0.25, -0.2) is 0 Å². The van der Waals surface area contributed by atoms with E-state index in [2.05, 4.69) is 45.9 Å². The Balaban J connectivity index is 3.86. The molecule has 0 aliphatic rings. The van der Waals surface area contributed by atoms with Gasteiger partial charge in [0.2, 0.25) is 0 Å². The summed E-state index contributed by atoms with van der Waals surface area (Å²) in [4.78, 5) is 0. The van der Waals surface area contributed by atoms with Crippen LogP contribution in [0.4, 0.5) is 0 Å². The molecule has 0 bridgehead atoms. The predicted molar refractivity (Wildman–Crippen MR) is 88.1 cm³/mol. The molecular formula is C19H31. The van der Waals surface area contributed by atoms with E-state index in [1.165, 1.54) is 36.0 Å². The van der Waals surface area contributed by atoms with E-state index < -0.39 is 0 Å². The molecule has 0 aromatic heterocycles. The molecule has 0 aromatic rings. The molecule has 19 heavy (non-hydrogen) atoms. The molecule has 0 amide bonds. The average molecular weight is 259 g/mol. The van der Waals surface area contributed by atoms with E-state index in [0.29, 0.717) is 0 Å². The number of rotatable bonds is 9. The summed E-state index contributed by atoms with van der Waals surface area (Å²) < 4.78 is 0. The minimum Gasteiger partial charge on any atom is -0.0856 e. The van der Waals surface area contributed by atoms with Crippen LogP contribution < -0.4 is 0 Å². The molecule has 0 aliphatic heterocycles. The highest BCUT2D eigenvalue weighted by Crippen LogP contribution is 2.12. The van der Waals surface area contributed by atoms with Gasteiger partial charge in [0.05, 0.1) is 0 Å². The van der Waals surface area contributed by atoms with Gasteiger partial charge in [-0.15, -0.1) is 0 Å². The van der Waals surface area contributed by atoms with Gasteiger partial charge in [-0.05, 0) is 73.1 Å². The van der Waals surface area contributed by atoms with E-state index in [1.54, 1.807) is 0 Å². The Kier molecular flexibility index (Phi) is 10.2. The standard InChI is InChI=1S/C19H31/c1-16(2)10-7-12-18(5)14-9-15-19(6)13-8-11-17(3)4/h1,11-12,15H,7-10,13-14H2,2-6H3/b16-1?,18-12+,19-15+. The number of hydrogen-bond acceptors (Lipinski definition) is 0. The first-order valence-electron chi connectivity index (χ1n) is 7.44. The Morgan fingerprint density at radius 1 is 0.684 bits per heavy atom. The van der Waals surface area contributed by atoms with Gasteiger partial charge in [0.15, 0.2) is 0 Å². The summed E-state index contributed by atoms with van der Waals surface area (Å²) in [5.41, 5.74) is 5.43. The van der Waals surface area contributed by atoms with Crippen molar-refractivity contribution in [1.82, 2.24) is 0 Å². The second-order valence-electron chi connectivity index (χ2n) is 5.84. The van der Waals surface area contributed by atoms with Gasteiger partial charge >= 0.3 is 0 Å². The molecule has 0 unspecified atom stereocenters. The smallest absolute Gasteiger partial charge is 0.0285 e. The summed E-state index contributed by atoms with van der Waals surface area (Å²) in [6.45, 7) is 16.4. The zero-order valence-corrected chi connectivity index (χ0v) is 13.6. The Hall–Kier alpha value is -1.04.